The summed E-state index contributed by atoms with van der Waals surface area (Å²) in [4.78, 5) is 0. The average molecular weight is 312 g/mol. The van der Waals surface area contributed by atoms with E-state index in [1.165, 1.54) is 0 Å². The zero-order valence-electron chi connectivity index (χ0n) is 13.1. The van der Waals surface area contributed by atoms with Crippen molar-refractivity contribution in [3.8, 4) is 0 Å². The molecular weight excluding hydrogens is 287 g/mol. The second-order valence-corrected chi connectivity index (χ2v) is 6.30. The molecule has 1 atom stereocenters. The summed E-state index contributed by atoms with van der Waals surface area (Å²) in [6.45, 7) is 4.52. The normalized spacial score (nSPS) is 40.6. The van der Waals surface area contributed by atoms with Crippen LogP contribution in [0.2, 0.25) is 0 Å². The highest BCUT2D eigenvalue weighted by molar-refractivity contribution is 4.98. The van der Waals surface area contributed by atoms with Crippen molar-refractivity contribution in [3.05, 3.63) is 24.1 Å². The van der Waals surface area contributed by atoms with Crippen molar-refractivity contribution in [2.24, 2.45) is 17.8 Å². The van der Waals surface area contributed by atoms with Crippen LogP contribution in [0.4, 0.5) is 4.39 Å². The van der Waals surface area contributed by atoms with E-state index in [9.17, 15) is 4.39 Å². The Morgan fingerprint density at radius 2 is 1.64 bits per heavy atom. The molecule has 22 heavy (non-hydrogen) atoms. The third-order valence-corrected chi connectivity index (χ3v) is 4.53. The molecular formula is C17H25FO4. The lowest BCUT2D eigenvalue weighted by Gasteiger charge is -2.39. The van der Waals surface area contributed by atoms with Crippen molar-refractivity contribution in [2.45, 2.75) is 38.8 Å². The summed E-state index contributed by atoms with van der Waals surface area (Å²) in [5.74, 6) is 0.694. The Labute approximate surface area is 131 Å². The summed E-state index contributed by atoms with van der Waals surface area (Å²) in [5, 5.41) is 0. The van der Waals surface area contributed by atoms with Gasteiger partial charge in [-0.15, -0.1) is 0 Å². The van der Waals surface area contributed by atoms with Crippen molar-refractivity contribution < 1.29 is 23.3 Å². The number of halogens is 1. The maximum atomic E-state index is 13.1. The van der Waals surface area contributed by atoms with E-state index in [0.29, 0.717) is 45.2 Å². The van der Waals surface area contributed by atoms with Gasteiger partial charge in [-0.1, -0.05) is 18.2 Å². The molecule has 1 unspecified atom stereocenters. The first-order chi connectivity index (χ1) is 10.8. The van der Waals surface area contributed by atoms with E-state index in [1.807, 2.05) is 13.0 Å². The molecule has 0 bridgehead atoms. The average Bonchev–Trinajstić information content (AvgIpc) is 2.57. The highest BCUT2D eigenvalue weighted by Gasteiger charge is 2.36. The number of rotatable bonds is 3. The molecule has 0 aromatic heterocycles. The van der Waals surface area contributed by atoms with E-state index in [2.05, 4.69) is 6.08 Å². The second-order valence-electron chi connectivity index (χ2n) is 6.30. The number of allylic oxidation sites excluding steroid dienone is 3. The van der Waals surface area contributed by atoms with Crippen LogP contribution in [0.25, 0.3) is 0 Å². The van der Waals surface area contributed by atoms with Crippen LogP contribution in [0.1, 0.15) is 26.2 Å². The molecule has 2 heterocycles. The molecule has 0 aromatic carbocycles. The Balaban J connectivity index is 1.42. The summed E-state index contributed by atoms with van der Waals surface area (Å²) in [6, 6.07) is 0. The minimum Gasteiger partial charge on any atom is -0.352 e. The highest BCUT2D eigenvalue weighted by atomic mass is 19.1. The van der Waals surface area contributed by atoms with E-state index < -0.39 is 0 Å². The third-order valence-electron chi connectivity index (χ3n) is 4.53. The van der Waals surface area contributed by atoms with Crippen LogP contribution < -0.4 is 0 Å². The van der Waals surface area contributed by atoms with Crippen molar-refractivity contribution in [1.82, 2.24) is 0 Å². The Bertz CT molecular complexity index is 407. The van der Waals surface area contributed by atoms with Gasteiger partial charge in [-0.2, -0.15) is 0 Å². The second kappa shape index (κ2) is 7.68. The molecule has 0 N–H and O–H groups in total. The van der Waals surface area contributed by atoms with E-state index in [-0.39, 0.29) is 30.2 Å². The minimum atomic E-state index is -0.244. The van der Waals surface area contributed by atoms with Crippen LogP contribution in [0.5, 0.6) is 0 Å². The minimum absolute atomic E-state index is 0.00961. The number of hydrogen-bond donors (Lipinski definition) is 0. The summed E-state index contributed by atoms with van der Waals surface area (Å²) >= 11 is 0. The first-order valence-corrected chi connectivity index (χ1v) is 8.20. The van der Waals surface area contributed by atoms with Crippen LogP contribution in [-0.2, 0) is 18.9 Å². The predicted octanol–water partition coefficient (Wildman–Crippen LogP) is 3.19. The van der Waals surface area contributed by atoms with Gasteiger partial charge in [0.2, 0.25) is 0 Å². The van der Waals surface area contributed by atoms with Crippen molar-refractivity contribution in [2.75, 3.05) is 26.4 Å². The SMILES string of the molecule is C/C=C/[C@H]1CO[C@H]([C@H]2CO[C@H](C3CC=C(F)CC3)OC2)OC1. The van der Waals surface area contributed by atoms with Gasteiger partial charge >= 0.3 is 0 Å². The van der Waals surface area contributed by atoms with Crippen LogP contribution >= 0.6 is 0 Å². The fraction of sp³-hybridized carbons (Fsp3) is 0.765. The fourth-order valence-corrected chi connectivity index (χ4v) is 3.22. The third kappa shape index (κ3) is 3.96. The molecule has 0 saturated carbocycles. The summed E-state index contributed by atoms with van der Waals surface area (Å²) < 4.78 is 36.3. The van der Waals surface area contributed by atoms with Crippen LogP contribution in [0, 0.1) is 17.8 Å². The molecule has 0 amide bonds. The monoisotopic (exact) mass is 312 g/mol. The first-order valence-electron chi connectivity index (χ1n) is 8.20. The van der Waals surface area contributed by atoms with E-state index in [4.69, 9.17) is 18.9 Å². The first kappa shape index (κ1) is 16.1. The molecule has 2 aliphatic heterocycles. The van der Waals surface area contributed by atoms with E-state index in [1.54, 1.807) is 6.08 Å². The summed E-state index contributed by atoms with van der Waals surface area (Å²) in [7, 11) is 0. The quantitative estimate of drug-likeness (QED) is 0.750. The standard InChI is InChI=1S/C17H25FO4/c1-2-3-12-8-19-17(20-9-12)14-10-21-16(22-11-14)13-4-6-15(18)7-5-13/h2-3,6,12-14,16-17H,4-5,7-11H2,1H3/b3-2+/t12-,13?,14-,16-,17-. The topological polar surface area (TPSA) is 36.9 Å². The lowest BCUT2D eigenvalue weighted by atomic mass is 9.92. The molecule has 0 spiro atoms. The Morgan fingerprint density at radius 1 is 1.00 bits per heavy atom. The van der Waals surface area contributed by atoms with Gasteiger partial charge in [0.25, 0.3) is 0 Å². The lowest BCUT2D eigenvalue weighted by molar-refractivity contribution is -0.287. The van der Waals surface area contributed by atoms with Gasteiger partial charge in [0.05, 0.1) is 38.2 Å². The van der Waals surface area contributed by atoms with Gasteiger partial charge in [0.1, 0.15) is 0 Å². The van der Waals surface area contributed by atoms with Gasteiger partial charge in [0, 0.05) is 11.8 Å². The van der Waals surface area contributed by atoms with Crippen molar-refractivity contribution in [1.29, 1.82) is 0 Å². The van der Waals surface area contributed by atoms with E-state index >= 15 is 0 Å². The molecule has 3 aliphatic rings. The highest BCUT2D eigenvalue weighted by Crippen LogP contribution is 2.32. The van der Waals surface area contributed by atoms with E-state index in [0.717, 1.165) is 6.42 Å². The van der Waals surface area contributed by atoms with Gasteiger partial charge < -0.3 is 18.9 Å². The molecule has 0 radical (unpaired) electrons. The molecule has 4 nitrogen and oxygen atoms in total. The molecule has 1 aliphatic carbocycles. The Kier molecular flexibility index (Phi) is 5.63. The van der Waals surface area contributed by atoms with Crippen LogP contribution in [0.3, 0.4) is 0 Å². The number of hydrogen-bond acceptors (Lipinski definition) is 4. The molecule has 0 aromatic rings. The molecule has 2 saturated heterocycles. The zero-order valence-corrected chi connectivity index (χ0v) is 13.1. The fourth-order valence-electron chi connectivity index (χ4n) is 3.22. The molecule has 124 valence electrons. The van der Waals surface area contributed by atoms with Gasteiger partial charge in [-0.3, -0.25) is 0 Å². The van der Waals surface area contributed by atoms with Gasteiger partial charge in [-0.05, 0) is 26.2 Å². The predicted molar refractivity (Wildman–Crippen MR) is 79.7 cm³/mol. The Morgan fingerprint density at radius 3 is 2.23 bits per heavy atom. The lowest BCUT2D eigenvalue weighted by Crippen LogP contribution is -2.46. The maximum Gasteiger partial charge on any atom is 0.164 e. The molecule has 5 heteroatoms. The van der Waals surface area contributed by atoms with Gasteiger partial charge in [0.15, 0.2) is 12.6 Å². The van der Waals surface area contributed by atoms with Crippen LogP contribution in [-0.4, -0.2) is 39.0 Å². The Hall–Kier alpha value is -0.750. The molecule has 2 fully saturated rings. The zero-order chi connectivity index (χ0) is 15.4. The maximum absolute atomic E-state index is 13.1. The molecule has 3 rings (SSSR count). The number of ether oxygens (including phenoxy) is 4. The van der Waals surface area contributed by atoms with Crippen molar-refractivity contribution in [3.63, 3.8) is 0 Å². The largest absolute Gasteiger partial charge is 0.352 e. The van der Waals surface area contributed by atoms with Crippen LogP contribution in [0.15, 0.2) is 24.1 Å². The van der Waals surface area contributed by atoms with Crippen molar-refractivity contribution >= 4 is 0 Å². The summed E-state index contributed by atoms with van der Waals surface area (Å²) in [6.07, 6.45) is 7.31. The smallest absolute Gasteiger partial charge is 0.164 e. The van der Waals surface area contributed by atoms with Gasteiger partial charge in [-0.25, -0.2) is 4.39 Å². The summed E-state index contributed by atoms with van der Waals surface area (Å²) in [5.41, 5.74) is 0.